The molecule has 0 bridgehead atoms. The van der Waals surface area contributed by atoms with Gasteiger partial charge in [0.15, 0.2) is 5.79 Å². The summed E-state index contributed by atoms with van der Waals surface area (Å²) in [6.45, 7) is 9.93. The summed E-state index contributed by atoms with van der Waals surface area (Å²) >= 11 is 0. The summed E-state index contributed by atoms with van der Waals surface area (Å²) in [7, 11) is 0. The lowest BCUT2D eigenvalue weighted by molar-refractivity contribution is -0.175. The molecule has 2 unspecified atom stereocenters. The molecule has 0 saturated carbocycles. The van der Waals surface area contributed by atoms with Crippen molar-refractivity contribution >= 4 is 0 Å². The summed E-state index contributed by atoms with van der Waals surface area (Å²) in [6, 6.07) is 0. The molecule has 1 saturated heterocycles. The normalized spacial score (nSPS) is 28.6. The van der Waals surface area contributed by atoms with E-state index >= 15 is 0 Å². The summed E-state index contributed by atoms with van der Waals surface area (Å²) in [5, 5.41) is 19.1. The van der Waals surface area contributed by atoms with Gasteiger partial charge in [0.05, 0.1) is 25.9 Å². The van der Waals surface area contributed by atoms with Gasteiger partial charge in [-0.05, 0) is 25.9 Å². The number of likely N-dealkylation sites (N-methyl/N-ethyl adjacent to an activating group) is 1. The van der Waals surface area contributed by atoms with Crippen LogP contribution < -0.4 is 0 Å². The Kier molecular flexibility index (Phi) is 6.63. The highest BCUT2D eigenvalue weighted by molar-refractivity contribution is 5.18. The highest BCUT2D eigenvalue weighted by Gasteiger charge is 2.44. The van der Waals surface area contributed by atoms with Gasteiger partial charge in [-0.3, -0.25) is 0 Å². The van der Waals surface area contributed by atoms with Gasteiger partial charge in [-0.1, -0.05) is 32.4 Å². The highest BCUT2D eigenvalue weighted by Crippen LogP contribution is 2.42. The second kappa shape index (κ2) is 8.08. The van der Waals surface area contributed by atoms with Gasteiger partial charge in [0.2, 0.25) is 0 Å². The SMILES string of the molecule is CCCN(CC)CC1COC2(CC=C(C(C)(CO)CO)CC2)O1. The summed E-state index contributed by atoms with van der Waals surface area (Å²) in [6.07, 6.45) is 5.69. The number of hydrogen-bond donors (Lipinski definition) is 2. The van der Waals surface area contributed by atoms with Gasteiger partial charge in [-0.2, -0.15) is 0 Å². The van der Waals surface area contributed by atoms with Gasteiger partial charge in [0.1, 0.15) is 0 Å². The van der Waals surface area contributed by atoms with E-state index in [1.165, 1.54) is 0 Å². The van der Waals surface area contributed by atoms with Crippen LogP contribution in [0.1, 0.15) is 46.5 Å². The third-order valence-corrected chi connectivity index (χ3v) is 5.27. The van der Waals surface area contributed by atoms with E-state index in [0.29, 0.717) is 13.0 Å². The summed E-state index contributed by atoms with van der Waals surface area (Å²) in [5.74, 6) is -0.494. The van der Waals surface area contributed by atoms with Crippen LogP contribution in [-0.4, -0.2) is 66.5 Å². The molecule has 1 fully saturated rings. The summed E-state index contributed by atoms with van der Waals surface area (Å²) < 4.78 is 12.3. The van der Waals surface area contributed by atoms with Crippen LogP contribution in [0.3, 0.4) is 0 Å². The second-order valence-electron chi connectivity index (χ2n) is 7.17. The first kappa shape index (κ1) is 18.9. The first-order valence-electron chi connectivity index (χ1n) is 8.96. The van der Waals surface area contributed by atoms with Gasteiger partial charge < -0.3 is 24.6 Å². The van der Waals surface area contributed by atoms with Crippen LogP contribution in [0.25, 0.3) is 0 Å². The van der Waals surface area contributed by atoms with E-state index in [1.54, 1.807) is 0 Å². The van der Waals surface area contributed by atoms with Crippen molar-refractivity contribution in [3.63, 3.8) is 0 Å². The zero-order valence-electron chi connectivity index (χ0n) is 14.9. The largest absolute Gasteiger partial charge is 0.395 e. The van der Waals surface area contributed by atoms with Gasteiger partial charge in [-0.15, -0.1) is 0 Å². The smallest absolute Gasteiger partial charge is 0.172 e. The van der Waals surface area contributed by atoms with Crippen molar-refractivity contribution in [3.05, 3.63) is 11.6 Å². The number of nitrogens with zero attached hydrogens (tertiary/aromatic N) is 1. The number of rotatable bonds is 8. The fourth-order valence-corrected chi connectivity index (χ4v) is 3.54. The standard InChI is InChI=1S/C18H33NO4/c1-4-10-19(5-2)11-16-12-22-18(23-16)8-6-15(7-9-18)17(3,13-20)14-21/h6,16,20-21H,4-5,7-14H2,1-3H3. The molecule has 0 amide bonds. The third-order valence-electron chi connectivity index (χ3n) is 5.27. The molecular weight excluding hydrogens is 294 g/mol. The zero-order valence-corrected chi connectivity index (χ0v) is 14.9. The van der Waals surface area contributed by atoms with Crippen LogP contribution in [0.5, 0.6) is 0 Å². The van der Waals surface area contributed by atoms with Crippen molar-refractivity contribution in [1.82, 2.24) is 4.90 Å². The Balaban J connectivity index is 1.93. The maximum Gasteiger partial charge on any atom is 0.172 e. The van der Waals surface area contributed by atoms with E-state index in [9.17, 15) is 10.2 Å². The van der Waals surface area contributed by atoms with Gasteiger partial charge in [0.25, 0.3) is 0 Å². The monoisotopic (exact) mass is 327 g/mol. The quantitative estimate of drug-likeness (QED) is 0.667. The Hall–Kier alpha value is -0.460. The molecular formula is C18H33NO4. The predicted octanol–water partition coefficient (Wildman–Crippen LogP) is 1.93. The van der Waals surface area contributed by atoms with E-state index in [2.05, 4.69) is 24.8 Å². The molecule has 2 N–H and O–H groups in total. The molecule has 5 nitrogen and oxygen atoms in total. The number of aliphatic hydroxyl groups is 2. The molecule has 1 aliphatic carbocycles. The molecule has 23 heavy (non-hydrogen) atoms. The topological polar surface area (TPSA) is 62.2 Å². The van der Waals surface area contributed by atoms with Crippen LogP contribution in [0.4, 0.5) is 0 Å². The molecule has 0 aromatic rings. The van der Waals surface area contributed by atoms with Crippen molar-refractivity contribution in [3.8, 4) is 0 Å². The molecule has 1 spiro atoms. The lowest BCUT2D eigenvalue weighted by Gasteiger charge is -2.37. The Morgan fingerprint density at radius 1 is 1.35 bits per heavy atom. The minimum atomic E-state index is -0.528. The van der Waals surface area contributed by atoms with Crippen LogP contribution in [0, 0.1) is 5.41 Å². The molecule has 2 atom stereocenters. The Labute approximate surface area is 140 Å². The van der Waals surface area contributed by atoms with E-state index in [-0.39, 0.29) is 19.3 Å². The molecule has 2 aliphatic rings. The lowest BCUT2D eigenvalue weighted by atomic mass is 9.77. The molecule has 0 radical (unpaired) electrons. The van der Waals surface area contributed by atoms with Crippen molar-refractivity contribution in [1.29, 1.82) is 0 Å². The maximum absolute atomic E-state index is 9.54. The van der Waals surface area contributed by atoms with Crippen molar-refractivity contribution in [2.45, 2.75) is 58.3 Å². The van der Waals surface area contributed by atoms with Crippen molar-refractivity contribution in [2.24, 2.45) is 5.41 Å². The van der Waals surface area contributed by atoms with Crippen LogP contribution in [-0.2, 0) is 9.47 Å². The van der Waals surface area contributed by atoms with E-state index in [0.717, 1.165) is 44.5 Å². The zero-order chi connectivity index (χ0) is 16.9. The van der Waals surface area contributed by atoms with Gasteiger partial charge >= 0.3 is 0 Å². The minimum Gasteiger partial charge on any atom is -0.395 e. The molecule has 1 aliphatic heterocycles. The summed E-state index contributed by atoms with van der Waals surface area (Å²) in [4.78, 5) is 2.41. The summed E-state index contributed by atoms with van der Waals surface area (Å²) in [5.41, 5.74) is 0.588. The van der Waals surface area contributed by atoms with Crippen LogP contribution >= 0.6 is 0 Å². The fourth-order valence-electron chi connectivity index (χ4n) is 3.54. The predicted molar refractivity (Wildman–Crippen MR) is 90.2 cm³/mol. The first-order valence-corrected chi connectivity index (χ1v) is 8.96. The van der Waals surface area contributed by atoms with E-state index in [1.807, 2.05) is 6.92 Å². The number of aliphatic hydroxyl groups excluding tert-OH is 2. The Morgan fingerprint density at radius 2 is 2.09 bits per heavy atom. The van der Waals surface area contributed by atoms with Crippen molar-refractivity contribution in [2.75, 3.05) is 39.5 Å². The molecule has 5 heteroatoms. The van der Waals surface area contributed by atoms with Crippen molar-refractivity contribution < 1.29 is 19.7 Å². The average Bonchev–Trinajstić information content (AvgIpc) is 2.96. The Bertz CT molecular complexity index is 408. The molecule has 134 valence electrons. The van der Waals surface area contributed by atoms with Crippen LogP contribution in [0.2, 0.25) is 0 Å². The lowest BCUT2D eigenvalue weighted by Crippen LogP contribution is -2.39. The average molecular weight is 327 g/mol. The number of ether oxygens (including phenoxy) is 2. The number of hydrogen-bond acceptors (Lipinski definition) is 5. The fraction of sp³-hybridized carbons (Fsp3) is 0.889. The maximum atomic E-state index is 9.54. The Morgan fingerprint density at radius 3 is 2.61 bits per heavy atom. The second-order valence-corrected chi connectivity index (χ2v) is 7.17. The van der Waals surface area contributed by atoms with Gasteiger partial charge in [-0.25, -0.2) is 0 Å². The molecule has 0 aromatic heterocycles. The first-order chi connectivity index (χ1) is 11.0. The highest BCUT2D eigenvalue weighted by atomic mass is 16.7. The van der Waals surface area contributed by atoms with E-state index in [4.69, 9.17) is 9.47 Å². The van der Waals surface area contributed by atoms with Gasteiger partial charge in [0, 0.05) is 24.8 Å². The molecule has 1 heterocycles. The molecule has 2 rings (SSSR count). The third kappa shape index (κ3) is 4.34. The van der Waals surface area contributed by atoms with Crippen LogP contribution in [0.15, 0.2) is 11.6 Å². The van der Waals surface area contributed by atoms with E-state index < -0.39 is 11.2 Å². The molecule has 0 aromatic carbocycles. The minimum absolute atomic E-state index is 0.0326.